The van der Waals surface area contributed by atoms with E-state index in [0.29, 0.717) is 0 Å². The first-order valence-electron chi connectivity index (χ1n) is 7.62. The third-order valence-electron chi connectivity index (χ3n) is 5.21. The van der Waals surface area contributed by atoms with Gasteiger partial charge in [-0.2, -0.15) is 0 Å². The van der Waals surface area contributed by atoms with Gasteiger partial charge in [0.1, 0.15) is 0 Å². The summed E-state index contributed by atoms with van der Waals surface area (Å²) in [5.41, 5.74) is 1.49. The van der Waals surface area contributed by atoms with Crippen LogP contribution in [0.1, 0.15) is 38.2 Å². The van der Waals surface area contributed by atoms with Crippen LogP contribution in [0.15, 0.2) is 30.3 Å². The van der Waals surface area contributed by atoms with Gasteiger partial charge >= 0.3 is 0 Å². The van der Waals surface area contributed by atoms with Gasteiger partial charge in [0, 0.05) is 12.6 Å². The first-order chi connectivity index (χ1) is 8.84. The Labute approximate surface area is 111 Å². The van der Waals surface area contributed by atoms with Gasteiger partial charge in [-0.3, -0.25) is 4.90 Å². The van der Waals surface area contributed by atoms with Crippen LogP contribution in [0.3, 0.4) is 0 Å². The second-order valence-corrected chi connectivity index (χ2v) is 6.18. The Morgan fingerprint density at radius 2 is 1.94 bits per heavy atom. The Hall–Kier alpha value is -0.820. The normalized spacial score (nSPS) is 32.4. The van der Waals surface area contributed by atoms with Crippen LogP contribution in [0.2, 0.25) is 0 Å². The number of hydrogen-bond donors (Lipinski definition) is 0. The summed E-state index contributed by atoms with van der Waals surface area (Å²) in [6.07, 6.45) is 7.04. The lowest BCUT2D eigenvalue weighted by atomic mass is 9.72. The van der Waals surface area contributed by atoms with Crippen LogP contribution in [0, 0.1) is 11.8 Å². The highest BCUT2D eigenvalue weighted by atomic mass is 15.2. The molecular formula is C17H25N. The molecule has 0 spiro atoms. The zero-order chi connectivity index (χ0) is 12.4. The van der Waals surface area contributed by atoms with Gasteiger partial charge in [-0.25, -0.2) is 0 Å². The largest absolute Gasteiger partial charge is 0.300 e. The Kier molecular flexibility index (Phi) is 3.69. The van der Waals surface area contributed by atoms with E-state index in [-0.39, 0.29) is 0 Å². The monoisotopic (exact) mass is 243 g/mol. The molecule has 1 nitrogen and oxygen atoms in total. The van der Waals surface area contributed by atoms with E-state index in [1.54, 1.807) is 0 Å². The van der Waals surface area contributed by atoms with Crippen molar-refractivity contribution in [1.82, 2.24) is 4.90 Å². The molecule has 1 saturated carbocycles. The van der Waals surface area contributed by atoms with Crippen LogP contribution in [-0.2, 0) is 6.42 Å². The minimum Gasteiger partial charge on any atom is -0.300 e. The van der Waals surface area contributed by atoms with Crippen LogP contribution in [0.25, 0.3) is 0 Å². The highest BCUT2D eigenvalue weighted by Crippen LogP contribution is 2.39. The molecule has 3 rings (SSSR count). The fourth-order valence-electron chi connectivity index (χ4n) is 4.04. The number of rotatable bonds is 3. The van der Waals surface area contributed by atoms with Crippen molar-refractivity contribution in [2.75, 3.05) is 13.1 Å². The Balaban J connectivity index is 1.59. The molecule has 18 heavy (non-hydrogen) atoms. The Bertz CT molecular complexity index is 372. The third kappa shape index (κ3) is 2.47. The molecule has 1 aromatic carbocycles. The fraction of sp³-hybridized carbons (Fsp3) is 0.647. The van der Waals surface area contributed by atoms with Crippen molar-refractivity contribution in [3.05, 3.63) is 35.9 Å². The molecule has 1 heterocycles. The minimum absolute atomic E-state index is 0.876. The average Bonchev–Trinajstić information content (AvgIpc) is 2.39. The highest BCUT2D eigenvalue weighted by molar-refractivity contribution is 5.15. The molecule has 3 atom stereocenters. The Morgan fingerprint density at radius 1 is 1.11 bits per heavy atom. The molecule has 2 bridgehead atoms. The predicted molar refractivity (Wildman–Crippen MR) is 76.6 cm³/mol. The summed E-state index contributed by atoms with van der Waals surface area (Å²) >= 11 is 0. The minimum atomic E-state index is 0.876. The van der Waals surface area contributed by atoms with Crippen molar-refractivity contribution >= 4 is 0 Å². The van der Waals surface area contributed by atoms with E-state index in [1.165, 1.54) is 50.8 Å². The second-order valence-electron chi connectivity index (χ2n) is 6.18. The number of nitrogens with zero attached hydrogens (tertiary/aromatic N) is 1. The predicted octanol–water partition coefficient (Wildman–Crippen LogP) is 3.74. The van der Waals surface area contributed by atoms with Crippen molar-refractivity contribution in [1.29, 1.82) is 0 Å². The summed E-state index contributed by atoms with van der Waals surface area (Å²) < 4.78 is 0. The summed E-state index contributed by atoms with van der Waals surface area (Å²) in [6, 6.07) is 11.8. The van der Waals surface area contributed by atoms with Gasteiger partial charge in [0.05, 0.1) is 0 Å². The zero-order valence-electron chi connectivity index (χ0n) is 11.5. The number of fused-ring (bicyclic) bond motifs is 2. The maximum Gasteiger partial charge on any atom is 0.0124 e. The number of likely N-dealkylation sites (tertiary alicyclic amines) is 1. The first kappa shape index (κ1) is 12.2. The lowest BCUT2D eigenvalue weighted by molar-refractivity contribution is 0.0213. The first-order valence-corrected chi connectivity index (χ1v) is 7.62. The molecule has 3 unspecified atom stereocenters. The van der Waals surface area contributed by atoms with Gasteiger partial charge < -0.3 is 0 Å². The van der Waals surface area contributed by atoms with E-state index < -0.39 is 0 Å². The van der Waals surface area contributed by atoms with E-state index >= 15 is 0 Å². The van der Waals surface area contributed by atoms with Crippen LogP contribution in [-0.4, -0.2) is 24.0 Å². The molecule has 1 aliphatic heterocycles. The Morgan fingerprint density at radius 3 is 2.78 bits per heavy atom. The number of hydrogen-bond acceptors (Lipinski definition) is 1. The van der Waals surface area contributed by atoms with Crippen molar-refractivity contribution in [3.8, 4) is 0 Å². The molecule has 1 heteroatoms. The lowest BCUT2D eigenvalue weighted by Gasteiger charge is -2.48. The van der Waals surface area contributed by atoms with Gasteiger partial charge in [0.25, 0.3) is 0 Å². The van der Waals surface area contributed by atoms with E-state index in [0.717, 1.165) is 17.9 Å². The molecule has 0 N–H and O–H groups in total. The summed E-state index contributed by atoms with van der Waals surface area (Å²) in [5.74, 6) is 1.96. The van der Waals surface area contributed by atoms with Crippen LogP contribution in [0.4, 0.5) is 0 Å². The topological polar surface area (TPSA) is 3.24 Å². The van der Waals surface area contributed by atoms with Crippen molar-refractivity contribution in [2.24, 2.45) is 11.8 Å². The lowest BCUT2D eigenvalue weighted by Crippen LogP contribution is -2.50. The van der Waals surface area contributed by atoms with Gasteiger partial charge in [0.2, 0.25) is 0 Å². The fourth-order valence-corrected chi connectivity index (χ4v) is 4.04. The average molecular weight is 243 g/mol. The van der Waals surface area contributed by atoms with Crippen LogP contribution < -0.4 is 0 Å². The second kappa shape index (κ2) is 5.44. The van der Waals surface area contributed by atoms with Crippen molar-refractivity contribution in [2.45, 2.75) is 45.1 Å². The number of benzene rings is 1. The van der Waals surface area contributed by atoms with E-state index in [2.05, 4.69) is 42.2 Å². The van der Waals surface area contributed by atoms with Crippen molar-refractivity contribution < 1.29 is 0 Å². The SMILES string of the molecule is CC1C2CCCC1N(CCc1ccccc1)CC2. The summed E-state index contributed by atoms with van der Waals surface area (Å²) in [7, 11) is 0. The molecule has 0 amide bonds. The third-order valence-corrected chi connectivity index (χ3v) is 5.21. The molecule has 98 valence electrons. The van der Waals surface area contributed by atoms with Gasteiger partial charge in [-0.15, -0.1) is 0 Å². The van der Waals surface area contributed by atoms with E-state index in [4.69, 9.17) is 0 Å². The van der Waals surface area contributed by atoms with Gasteiger partial charge in [0.15, 0.2) is 0 Å². The smallest absolute Gasteiger partial charge is 0.0124 e. The van der Waals surface area contributed by atoms with E-state index in [1.807, 2.05) is 0 Å². The number of piperidine rings is 1. The maximum atomic E-state index is 2.77. The maximum absolute atomic E-state index is 2.77. The summed E-state index contributed by atoms with van der Waals surface area (Å²) in [5, 5.41) is 0. The summed E-state index contributed by atoms with van der Waals surface area (Å²) in [6.45, 7) is 5.08. The standard InChI is InChI=1S/C17H25N/c1-14-16-8-5-9-17(14)18(13-11-16)12-10-15-6-3-2-4-7-15/h2-4,6-7,14,16-17H,5,8-13H2,1H3. The highest BCUT2D eigenvalue weighted by Gasteiger charge is 2.37. The quantitative estimate of drug-likeness (QED) is 0.781. The molecule has 2 fully saturated rings. The summed E-state index contributed by atoms with van der Waals surface area (Å²) in [4.78, 5) is 2.77. The molecule has 2 aliphatic rings. The molecule has 0 radical (unpaired) electrons. The zero-order valence-corrected chi connectivity index (χ0v) is 11.5. The van der Waals surface area contributed by atoms with Gasteiger partial charge in [-0.1, -0.05) is 50.1 Å². The molecule has 0 aromatic heterocycles. The van der Waals surface area contributed by atoms with Crippen LogP contribution >= 0.6 is 0 Å². The molecule has 1 aromatic rings. The molecular weight excluding hydrogens is 218 g/mol. The molecule has 1 aliphatic carbocycles. The van der Waals surface area contributed by atoms with Crippen LogP contribution in [0.5, 0.6) is 0 Å². The van der Waals surface area contributed by atoms with Crippen molar-refractivity contribution in [3.63, 3.8) is 0 Å². The molecule has 1 saturated heterocycles. The van der Waals surface area contributed by atoms with Gasteiger partial charge in [-0.05, 0) is 43.2 Å². The van der Waals surface area contributed by atoms with E-state index in [9.17, 15) is 0 Å².